The fourth-order valence-corrected chi connectivity index (χ4v) is 3.96. The summed E-state index contributed by atoms with van der Waals surface area (Å²) < 4.78 is 40.1. The predicted molar refractivity (Wildman–Crippen MR) is 82.9 cm³/mol. The van der Waals surface area contributed by atoms with E-state index in [9.17, 15) is 12.8 Å². The zero-order valence-electron chi connectivity index (χ0n) is 12.3. The molecule has 2 aromatic rings. The quantitative estimate of drug-likeness (QED) is 0.874. The average molecular weight is 320 g/mol. The van der Waals surface area contributed by atoms with Gasteiger partial charge in [-0.25, -0.2) is 17.8 Å². The molecule has 3 rings (SSSR count). The molecule has 1 aromatic heterocycles. The van der Waals surface area contributed by atoms with Crippen molar-refractivity contribution in [2.45, 2.75) is 30.6 Å². The third kappa shape index (κ3) is 2.59. The minimum absolute atomic E-state index is 0.181. The molecule has 0 amide bonds. The van der Waals surface area contributed by atoms with E-state index in [-0.39, 0.29) is 10.7 Å². The number of hydrogen-bond donors (Lipinski definition) is 0. The molecule has 22 heavy (non-hydrogen) atoms. The SMILES string of the molecule is CN(c1ncccc1F)S(=O)(=O)c1ccc2c(c1)CCCC2. The molecular formula is C16H17FN2O2S. The number of anilines is 1. The molecule has 0 bridgehead atoms. The monoisotopic (exact) mass is 320 g/mol. The van der Waals surface area contributed by atoms with E-state index in [0.717, 1.165) is 35.6 Å². The second-order valence-electron chi connectivity index (χ2n) is 5.42. The smallest absolute Gasteiger partial charge is 0.250 e. The van der Waals surface area contributed by atoms with Crippen LogP contribution in [-0.4, -0.2) is 20.4 Å². The van der Waals surface area contributed by atoms with Gasteiger partial charge in [-0.3, -0.25) is 4.31 Å². The van der Waals surface area contributed by atoms with E-state index in [2.05, 4.69) is 4.98 Å². The van der Waals surface area contributed by atoms with Crippen molar-refractivity contribution in [1.29, 1.82) is 0 Å². The van der Waals surface area contributed by atoms with Gasteiger partial charge in [-0.2, -0.15) is 0 Å². The molecule has 1 aliphatic carbocycles. The van der Waals surface area contributed by atoms with Crippen molar-refractivity contribution in [3.63, 3.8) is 0 Å². The van der Waals surface area contributed by atoms with Crippen LogP contribution in [0.4, 0.5) is 10.2 Å². The van der Waals surface area contributed by atoms with Crippen LogP contribution in [0, 0.1) is 5.82 Å². The van der Waals surface area contributed by atoms with E-state index in [4.69, 9.17) is 0 Å². The van der Waals surface area contributed by atoms with Gasteiger partial charge >= 0.3 is 0 Å². The van der Waals surface area contributed by atoms with Crippen LogP contribution in [0.5, 0.6) is 0 Å². The second-order valence-corrected chi connectivity index (χ2v) is 7.39. The minimum Gasteiger partial charge on any atom is -0.250 e. The molecule has 0 saturated heterocycles. The predicted octanol–water partition coefficient (Wildman–Crippen LogP) is 2.92. The number of aromatic nitrogens is 1. The molecule has 0 saturated carbocycles. The van der Waals surface area contributed by atoms with Gasteiger partial charge in [0.05, 0.1) is 4.90 Å². The molecule has 1 aliphatic rings. The Balaban J connectivity index is 2.01. The summed E-state index contributed by atoms with van der Waals surface area (Å²) >= 11 is 0. The fraction of sp³-hybridized carbons (Fsp3) is 0.312. The minimum atomic E-state index is -3.82. The van der Waals surface area contributed by atoms with Crippen LogP contribution in [0.1, 0.15) is 24.0 Å². The molecule has 0 radical (unpaired) electrons. The number of aryl methyl sites for hydroxylation is 2. The molecule has 0 unspecified atom stereocenters. The maximum atomic E-state index is 13.8. The molecule has 1 heterocycles. The van der Waals surface area contributed by atoms with Crippen LogP contribution < -0.4 is 4.31 Å². The lowest BCUT2D eigenvalue weighted by molar-refractivity contribution is 0.587. The molecule has 0 spiro atoms. The molecule has 0 aliphatic heterocycles. The first kappa shape index (κ1) is 15.0. The average Bonchev–Trinajstić information content (AvgIpc) is 2.54. The number of nitrogens with zero attached hydrogens (tertiary/aromatic N) is 2. The van der Waals surface area contributed by atoms with E-state index in [1.807, 2.05) is 6.07 Å². The number of pyridine rings is 1. The van der Waals surface area contributed by atoms with E-state index in [1.165, 1.54) is 30.9 Å². The van der Waals surface area contributed by atoms with Gasteiger partial charge in [-0.1, -0.05) is 6.07 Å². The number of hydrogen-bond acceptors (Lipinski definition) is 3. The van der Waals surface area contributed by atoms with Crippen LogP contribution in [-0.2, 0) is 22.9 Å². The molecule has 0 atom stereocenters. The number of benzene rings is 1. The summed E-state index contributed by atoms with van der Waals surface area (Å²) in [6.07, 6.45) is 5.46. The van der Waals surface area contributed by atoms with Crippen LogP contribution in [0.3, 0.4) is 0 Å². The van der Waals surface area contributed by atoms with Crippen molar-refractivity contribution in [1.82, 2.24) is 4.98 Å². The lowest BCUT2D eigenvalue weighted by Gasteiger charge is -2.21. The summed E-state index contributed by atoms with van der Waals surface area (Å²) in [6.45, 7) is 0. The lowest BCUT2D eigenvalue weighted by Crippen LogP contribution is -2.28. The van der Waals surface area contributed by atoms with E-state index in [1.54, 1.807) is 12.1 Å². The zero-order chi connectivity index (χ0) is 15.7. The molecule has 6 heteroatoms. The highest BCUT2D eigenvalue weighted by Gasteiger charge is 2.25. The van der Waals surface area contributed by atoms with Crippen molar-refractivity contribution in [2.75, 3.05) is 11.4 Å². The molecular weight excluding hydrogens is 303 g/mol. The number of fused-ring (bicyclic) bond motifs is 1. The molecule has 1 aromatic carbocycles. The second kappa shape index (κ2) is 5.68. The van der Waals surface area contributed by atoms with Gasteiger partial charge in [0.1, 0.15) is 0 Å². The van der Waals surface area contributed by atoms with Crippen LogP contribution in [0.15, 0.2) is 41.4 Å². The van der Waals surface area contributed by atoms with Crippen molar-refractivity contribution >= 4 is 15.8 Å². The van der Waals surface area contributed by atoms with Gasteiger partial charge in [0, 0.05) is 13.2 Å². The maximum Gasteiger partial charge on any atom is 0.265 e. The Morgan fingerprint density at radius 1 is 1.14 bits per heavy atom. The van der Waals surface area contributed by atoms with Crippen molar-refractivity contribution < 1.29 is 12.8 Å². The normalized spacial score (nSPS) is 14.5. The largest absolute Gasteiger partial charge is 0.265 e. The summed E-state index contributed by atoms with van der Waals surface area (Å²) in [6, 6.07) is 7.79. The first-order chi connectivity index (χ1) is 10.5. The topological polar surface area (TPSA) is 50.3 Å². The summed E-state index contributed by atoms with van der Waals surface area (Å²) in [4.78, 5) is 4.01. The van der Waals surface area contributed by atoms with Crippen molar-refractivity contribution in [3.05, 3.63) is 53.5 Å². The Morgan fingerprint density at radius 2 is 1.86 bits per heavy atom. The first-order valence-electron chi connectivity index (χ1n) is 7.21. The van der Waals surface area contributed by atoms with Gasteiger partial charge in [-0.05, 0) is 61.1 Å². The third-order valence-electron chi connectivity index (χ3n) is 4.02. The summed E-state index contributed by atoms with van der Waals surface area (Å²) in [7, 11) is -2.50. The Morgan fingerprint density at radius 3 is 2.59 bits per heavy atom. The van der Waals surface area contributed by atoms with Crippen molar-refractivity contribution in [3.8, 4) is 0 Å². The van der Waals surface area contributed by atoms with Gasteiger partial charge in [0.15, 0.2) is 11.6 Å². The highest BCUT2D eigenvalue weighted by molar-refractivity contribution is 7.92. The Bertz CT molecular complexity index is 806. The zero-order valence-corrected chi connectivity index (χ0v) is 13.1. The standard InChI is InChI=1S/C16H17FN2O2S/c1-19(16-15(17)7-4-10-18-16)22(20,21)14-9-8-12-5-2-3-6-13(12)11-14/h4,7-11H,2-3,5-6H2,1H3. The highest BCUT2D eigenvalue weighted by Crippen LogP contribution is 2.27. The van der Waals surface area contributed by atoms with Gasteiger partial charge in [0.2, 0.25) is 0 Å². The first-order valence-corrected chi connectivity index (χ1v) is 8.65. The number of rotatable bonds is 3. The molecule has 0 fully saturated rings. The highest BCUT2D eigenvalue weighted by atomic mass is 32.2. The van der Waals surface area contributed by atoms with Gasteiger partial charge in [0.25, 0.3) is 10.0 Å². The van der Waals surface area contributed by atoms with E-state index < -0.39 is 15.8 Å². The Hall–Kier alpha value is -1.95. The van der Waals surface area contributed by atoms with Gasteiger partial charge < -0.3 is 0 Å². The van der Waals surface area contributed by atoms with Crippen LogP contribution in [0.2, 0.25) is 0 Å². The van der Waals surface area contributed by atoms with Crippen molar-refractivity contribution in [2.24, 2.45) is 0 Å². The lowest BCUT2D eigenvalue weighted by atomic mass is 9.92. The molecule has 4 nitrogen and oxygen atoms in total. The fourth-order valence-electron chi connectivity index (χ4n) is 2.75. The van der Waals surface area contributed by atoms with Crippen LogP contribution >= 0.6 is 0 Å². The Kier molecular flexibility index (Phi) is 3.87. The van der Waals surface area contributed by atoms with Gasteiger partial charge in [-0.15, -0.1) is 0 Å². The summed E-state index contributed by atoms with van der Waals surface area (Å²) in [5.41, 5.74) is 2.28. The third-order valence-corrected chi connectivity index (χ3v) is 5.76. The molecule has 0 N–H and O–H groups in total. The Labute approximate surface area is 129 Å². The number of sulfonamides is 1. The summed E-state index contributed by atoms with van der Waals surface area (Å²) in [5.74, 6) is -0.855. The summed E-state index contributed by atoms with van der Waals surface area (Å²) in [5, 5.41) is 0. The van der Waals surface area contributed by atoms with E-state index >= 15 is 0 Å². The van der Waals surface area contributed by atoms with E-state index in [0.29, 0.717) is 0 Å². The number of halogens is 1. The van der Waals surface area contributed by atoms with Crippen LogP contribution in [0.25, 0.3) is 0 Å². The maximum absolute atomic E-state index is 13.8. The molecule has 116 valence electrons.